The molecule has 0 fully saturated rings. The van der Waals surface area contributed by atoms with Crippen LogP contribution in [0.15, 0.2) is 22.1 Å². The van der Waals surface area contributed by atoms with Crippen molar-refractivity contribution in [2.75, 3.05) is 19.5 Å². The number of hydrogen-bond acceptors (Lipinski definition) is 6. The molecule has 2 aromatic heterocycles. The van der Waals surface area contributed by atoms with Crippen LogP contribution < -0.4 is 5.32 Å². The summed E-state index contributed by atoms with van der Waals surface area (Å²) in [7, 11) is 3.02. The quantitative estimate of drug-likeness (QED) is 0.878. The highest BCUT2D eigenvalue weighted by Crippen LogP contribution is 2.30. The number of esters is 1. The van der Waals surface area contributed by atoms with Crippen LogP contribution in [0.3, 0.4) is 0 Å². The van der Waals surface area contributed by atoms with Crippen molar-refractivity contribution in [3.63, 3.8) is 0 Å². The number of halogens is 1. The van der Waals surface area contributed by atoms with Gasteiger partial charge in [0, 0.05) is 13.2 Å². The number of nitrogens with zero attached hydrogens (tertiary/aromatic N) is 2. The highest BCUT2D eigenvalue weighted by Gasteiger charge is 2.15. The zero-order chi connectivity index (χ0) is 13.1. The fourth-order valence-electron chi connectivity index (χ4n) is 1.38. The van der Waals surface area contributed by atoms with Crippen LogP contribution in [0.4, 0.5) is 5.82 Å². The number of carbonyl (C=O) groups excluding carboxylic acids is 1. The molecule has 0 saturated heterocycles. The van der Waals surface area contributed by atoms with E-state index in [9.17, 15) is 4.79 Å². The second-order valence-corrected chi connectivity index (χ2v) is 5.76. The molecule has 7 heteroatoms. The predicted octanol–water partition coefficient (Wildman–Crippen LogP) is 2.80. The van der Waals surface area contributed by atoms with Gasteiger partial charge in [0.25, 0.3) is 0 Å². The summed E-state index contributed by atoms with van der Waals surface area (Å²) in [5, 5.41) is 2.87. The monoisotopic (exact) mass is 327 g/mol. The minimum atomic E-state index is -0.460. The third-order valence-electron chi connectivity index (χ3n) is 2.22. The van der Waals surface area contributed by atoms with E-state index in [1.807, 2.05) is 12.1 Å². The Morgan fingerprint density at radius 3 is 2.83 bits per heavy atom. The molecule has 0 aliphatic rings. The molecule has 0 amide bonds. The molecule has 2 aromatic rings. The fraction of sp³-hybridized carbons (Fsp3) is 0.182. The predicted molar refractivity (Wildman–Crippen MR) is 73.9 cm³/mol. The summed E-state index contributed by atoms with van der Waals surface area (Å²) >= 11 is 4.91. The third kappa shape index (κ3) is 2.51. The Labute approximate surface area is 116 Å². The number of methoxy groups -OCH3 is 1. The molecule has 5 nitrogen and oxygen atoms in total. The normalized spacial score (nSPS) is 10.2. The van der Waals surface area contributed by atoms with Gasteiger partial charge in [-0.3, -0.25) is 0 Å². The molecular weight excluding hydrogens is 318 g/mol. The van der Waals surface area contributed by atoms with Gasteiger partial charge in [-0.05, 0) is 28.1 Å². The van der Waals surface area contributed by atoms with E-state index < -0.39 is 5.97 Å². The van der Waals surface area contributed by atoms with Crippen molar-refractivity contribution in [1.29, 1.82) is 0 Å². The average molecular weight is 328 g/mol. The molecule has 1 N–H and O–H groups in total. The molecule has 0 aliphatic heterocycles. The first kappa shape index (κ1) is 13.0. The molecule has 0 unspecified atom stereocenters. The van der Waals surface area contributed by atoms with E-state index in [2.05, 4.69) is 36.0 Å². The highest BCUT2D eigenvalue weighted by molar-refractivity contribution is 9.11. The Bertz CT molecular complexity index is 585. The Morgan fingerprint density at radius 2 is 2.28 bits per heavy atom. The van der Waals surface area contributed by atoms with Gasteiger partial charge in [-0.2, -0.15) is 0 Å². The van der Waals surface area contributed by atoms with Crippen molar-refractivity contribution < 1.29 is 9.53 Å². The minimum absolute atomic E-state index is 0.319. The molecule has 0 aromatic carbocycles. The number of nitrogens with one attached hydrogen (secondary N) is 1. The number of thiophene rings is 1. The van der Waals surface area contributed by atoms with E-state index in [0.29, 0.717) is 17.2 Å². The van der Waals surface area contributed by atoms with Gasteiger partial charge in [0.2, 0.25) is 0 Å². The van der Waals surface area contributed by atoms with Crippen molar-refractivity contribution in [3.05, 3.63) is 27.7 Å². The van der Waals surface area contributed by atoms with Gasteiger partial charge in [0.05, 0.1) is 15.8 Å². The van der Waals surface area contributed by atoms with Crippen LogP contribution in [-0.4, -0.2) is 30.1 Å². The molecule has 2 rings (SSSR count). The fourth-order valence-corrected chi connectivity index (χ4v) is 2.71. The number of aromatic nitrogens is 2. The molecule has 0 aliphatic carbocycles. The second-order valence-electron chi connectivity index (χ2n) is 3.30. The topological polar surface area (TPSA) is 64.1 Å². The first-order valence-electron chi connectivity index (χ1n) is 5.04. The highest BCUT2D eigenvalue weighted by atomic mass is 79.9. The Balaban J connectivity index is 2.44. The van der Waals surface area contributed by atoms with Crippen LogP contribution in [0.5, 0.6) is 0 Å². The maximum absolute atomic E-state index is 11.5. The van der Waals surface area contributed by atoms with Crippen molar-refractivity contribution in [3.8, 4) is 10.7 Å². The van der Waals surface area contributed by atoms with Gasteiger partial charge in [-0.25, -0.2) is 14.8 Å². The molecule has 18 heavy (non-hydrogen) atoms. The van der Waals surface area contributed by atoms with E-state index in [4.69, 9.17) is 0 Å². The molecular formula is C11H10BrN3O2S. The summed E-state index contributed by atoms with van der Waals surface area (Å²) in [4.78, 5) is 20.9. The van der Waals surface area contributed by atoms with Gasteiger partial charge in [-0.1, -0.05) is 0 Å². The first-order valence-corrected chi connectivity index (χ1v) is 6.65. The Kier molecular flexibility index (Phi) is 3.93. The van der Waals surface area contributed by atoms with Gasteiger partial charge >= 0.3 is 5.97 Å². The lowest BCUT2D eigenvalue weighted by molar-refractivity contribution is 0.0601. The average Bonchev–Trinajstić information content (AvgIpc) is 2.83. The van der Waals surface area contributed by atoms with Crippen LogP contribution in [0, 0.1) is 0 Å². The SMILES string of the molecule is CNc1nc(-c2ccc(Br)s2)ncc1C(=O)OC. The van der Waals surface area contributed by atoms with E-state index in [-0.39, 0.29) is 0 Å². The zero-order valence-electron chi connectivity index (χ0n) is 9.73. The molecule has 0 radical (unpaired) electrons. The summed E-state index contributed by atoms with van der Waals surface area (Å²) in [5.74, 6) is 0.567. The first-order chi connectivity index (χ1) is 8.65. The largest absolute Gasteiger partial charge is 0.465 e. The molecule has 2 heterocycles. The number of carbonyl (C=O) groups is 1. The maximum atomic E-state index is 11.5. The summed E-state index contributed by atoms with van der Waals surface area (Å²) in [6.07, 6.45) is 1.47. The lowest BCUT2D eigenvalue weighted by atomic mass is 10.3. The van der Waals surface area contributed by atoms with Crippen LogP contribution in [-0.2, 0) is 4.74 Å². The van der Waals surface area contributed by atoms with Gasteiger partial charge in [-0.15, -0.1) is 11.3 Å². The maximum Gasteiger partial charge on any atom is 0.343 e. The van der Waals surface area contributed by atoms with Crippen LogP contribution in [0.1, 0.15) is 10.4 Å². The summed E-state index contributed by atoms with van der Waals surface area (Å²) in [6.45, 7) is 0. The minimum Gasteiger partial charge on any atom is -0.465 e. The second kappa shape index (κ2) is 5.45. The van der Waals surface area contributed by atoms with Crippen molar-refractivity contribution >= 4 is 39.1 Å². The van der Waals surface area contributed by atoms with E-state index >= 15 is 0 Å². The van der Waals surface area contributed by atoms with E-state index in [1.165, 1.54) is 24.6 Å². The molecule has 0 saturated carbocycles. The summed E-state index contributed by atoms with van der Waals surface area (Å²) in [6, 6.07) is 3.85. The lowest BCUT2D eigenvalue weighted by Gasteiger charge is -2.06. The van der Waals surface area contributed by atoms with Gasteiger partial charge in [0.15, 0.2) is 5.82 Å². The molecule has 94 valence electrons. The number of ether oxygens (including phenoxy) is 1. The summed E-state index contributed by atoms with van der Waals surface area (Å²) < 4.78 is 5.67. The molecule has 0 bridgehead atoms. The Hall–Kier alpha value is -1.47. The number of anilines is 1. The number of rotatable bonds is 3. The molecule has 0 atom stereocenters. The van der Waals surface area contributed by atoms with Gasteiger partial charge in [0.1, 0.15) is 11.4 Å². The van der Waals surface area contributed by atoms with Crippen LogP contribution in [0.25, 0.3) is 10.7 Å². The zero-order valence-corrected chi connectivity index (χ0v) is 12.1. The van der Waals surface area contributed by atoms with Crippen molar-refractivity contribution in [2.45, 2.75) is 0 Å². The van der Waals surface area contributed by atoms with Crippen LogP contribution in [0.2, 0.25) is 0 Å². The Morgan fingerprint density at radius 1 is 1.50 bits per heavy atom. The van der Waals surface area contributed by atoms with Crippen molar-refractivity contribution in [2.24, 2.45) is 0 Å². The van der Waals surface area contributed by atoms with Gasteiger partial charge < -0.3 is 10.1 Å². The smallest absolute Gasteiger partial charge is 0.343 e. The van der Waals surface area contributed by atoms with E-state index in [0.717, 1.165) is 8.66 Å². The summed E-state index contributed by atoms with van der Waals surface area (Å²) in [5.41, 5.74) is 0.319. The van der Waals surface area contributed by atoms with Crippen molar-refractivity contribution in [1.82, 2.24) is 9.97 Å². The lowest BCUT2D eigenvalue weighted by Crippen LogP contribution is -2.09. The van der Waals surface area contributed by atoms with E-state index in [1.54, 1.807) is 7.05 Å². The standard InChI is InChI=1S/C11H10BrN3O2S/c1-13-9-6(11(16)17-2)5-14-10(15-9)7-3-4-8(12)18-7/h3-5H,1-2H3,(H,13,14,15). The van der Waals surface area contributed by atoms with Crippen LogP contribution >= 0.6 is 27.3 Å². The third-order valence-corrected chi connectivity index (χ3v) is 3.84. The molecule has 0 spiro atoms. The number of hydrogen-bond donors (Lipinski definition) is 1.